The van der Waals surface area contributed by atoms with E-state index < -0.39 is 4.92 Å². The lowest BCUT2D eigenvalue weighted by Crippen LogP contribution is -2.29. The summed E-state index contributed by atoms with van der Waals surface area (Å²) in [4.78, 5) is 18.1. The van der Waals surface area contributed by atoms with Gasteiger partial charge in [0.05, 0.1) is 35.9 Å². The average molecular weight is 518 g/mol. The molecule has 37 heavy (non-hydrogen) atoms. The number of pyridine rings is 1. The highest BCUT2D eigenvalue weighted by atomic mass is 32.1. The third-order valence-electron chi connectivity index (χ3n) is 6.61. The predicted molar refractivity (Wildman–Crippen MR) is 143 cm³/mol. The molecule has 0 saturated carbocycles. The van der Waals surface area contributed by atoms with Gasteiger partial charge in [0.25, 0.3) is 5.69 Å². The highest BCUT2D eigenvalue weighted by molar-refractivity contribution is 7.80. The zero-order valence-electron chi connectivity index (χ0n) is 20.4. The fourth-order valence-electron chi connectivity index (χ4n) is 4.97. The number of nitrogens with zero attached hydrogens (tertiary/aromatic N) is 4. The molecular formula is C27H24FN5O3S. The van der Waals surface area contributed by atoms with E-state index in [-0.39, 0.29) is 23.6 Å². The molecular weight excluding hydrogens is 493 g/mol. The molecule has 1 saturated heterocycles. The van der Waals surface area contributed by atoms with E-state index in [4.69, 9.17) is 17.0 Å². The van der Waals surface area contributed by atoms with E-state index in [1.165, 1.54) is 25.3 Å². The van der Waals surface area contributed by atoms with Crippen LogP contribution < -0.4 is 15.0 Å². The molecule has 4 aromatic rings. The van der Waals surface area contributed by atoms with Crippen molar-refractivity contribution >= 4 is 28.7 Å². The Labute approximate surface area is 218 Å². The molecule has 1 N–H and O–H groups in total. The van der Waals surface area contributed by atoms with Crippen LogP contribution in [0.25, 0.3) is 5.69 Å². The fourth-order valence-corrected chi connectivity index (χ4v) is 5.32. The lowest BCUT2D eigenvalue weighted by molar-refractivity contribution is -0.384. The van der Waals surface area contributed by atoms with Crippen molar-refractivity contribution in [2.45, 2.75) is 25.9 Å². The Morgan fingerprint density at radius 3 is 2.51 bits per heavy atom. The maximum Gasteiger partial charge on any atom is 0.296 e. The number of benzene rings is 2. The van der Waals surface area contributed by atoms with Crippen molar-refractivity contribution < 1.29 is 14.1 Å². The summed E-state index contributed by atoms with van der Waals surface area (Å²) in [6.07, 6.45) is 1.72. The second-order valence-corrected chi connectivity index (χ2v) is 9.13. The molecule has 5 rings (SSSR count). The molecule has 2 aromatic heterocycles. The number of rotatable bonds is 6. The first-order valence-corrected chi connectivity index (χ1v) is 12.0. The van der Waals surface area contributed by atoms with Gasteiger partial charge < -0.3 is 19.5 Å². The summed E-state index contributed by atoms with van der Waals surface area (Å²) in [7, 11) is 1.47. The van der Waals surface area contributed by atoms with Crippen molar-refractivity contribution in [3.63, 3.8) is 0 Å². The molecule has 10 heteroatoms. The number of nitrogens with one attached hydrogen (secondary N) is 1. The minimum atomic E-state index is -0.413. The number of nitro groups is 1. The maximum atomic E-state index is 13.8. The van der Waals surface area contributed by atoms with Crippen molar-refractivity contribution in [2.75, 3.05) is 12.0 Å². The molecule has 1 aliphatic heterocycles. The third-order valence-corrected chi connectivity index (χ3v) is 6.93. The molecule has 2 atom stereocenters. The quantitative estimate of drug-likeness (QED) is 0.199. The first kappa shape index (κ1) is 24.4. The van der Waals surface area contributed by atoms with Crippen LogP contribution in [0.3, 0.4) is 0 Å². The number of thiocarbonyl (C=S) groups is 1. The van der Waals surface area contributed by atoms with E-state index in [1.807, 2.05) is 47.6 Å². The Morgan fingerprint density at radius 1 is 1.11 bits per heavy atom. The number of ether oxygens (including phenoxy) is 1. The van der Waals surface area contributed by atoms with E-state index in [1.54, 1.807) is 30.5 Å². The Hall–Kier alpha value is -4.31. The minimum absolute atomic E-state index is 0.0653. The zero-order valence-corrected chi connectivity index (χ0v) is 21.2. The van der Waals surface area contributed by atoms with Gasteiger partial charge in [0, 0.05) is 23.3 Å². The first-order valence-electron chi connectivity index (χ1n) is 11.6. The summed E-state index contributed by atoms with van der Waals surface area (Å²) in [6.45, 7) is 3.83. The third kappa shape index (κ3) is 4.29. The molecule has 188 valence electrons. The largest absolute Gasteiger partial charge is 0.496 e. The number of methoxy groups -OCH3 is 1. The van der Waals surface area contributed by atoms with Crippen LogP contribution in [0.15, 0.2) is 72.9 Å². The topological polar surface area (TPSA) is 85.5 Å². The van der Waals surface area contributed by atoms with Crippen LogP contribution in [0.1, 0.15) is 34.7 Å². The molecule has 0 amide bonds. The standard InChI is InChI=1S/C27H24FN5O3S/c1-16-14-21(17(2)31(16)23-12-11-20(36-3)15-24(23)33(34)35)26-25(22-6-4-5-13-29-22)30-27(37)32(26)19-9-7-18(28)8-10-19/h4-15,25-26H,1-3H3,(H,30,37)/t25-,26-/m0/s1. The predicted octanol–water partition coefficient (Wildman–Crippen LogP) is 5.72. The Bertz CT molecular complexity index is 1490. The zero-order chi connectivity index (χ0) is 26.3. The SMILES string of the molecule is COc1ccc(-n2c(C)cc([C@H]3[C@H](c4ccccn4)NC(=S)N3c3ccc(F)cc3)c2C)c([N+](=O)[O-])c1. The molecule has 0 unspecified atom stereocenters. The number of aromatic nitrogens is 2. The summed E-state index contributed by atoms with van der Waals surface area (Å²) >= 11 is 5.75. The molecule has 0 spiro atoms. The number of hydrogen-bond donors (Lipinski definition) is 1. The molecule has 3 heterocycles. The van der Waals surface area contributed by atoms with Crippen molar-refractivity contribution in [3.05, 3.63) is 112 Å². The van der Waals surface area contributed by atoms with Gasteiger partial charge in [-0.15, -0.1) is 0 Å². The van der Waals surface area contributed by atoms with Gasteiger partial charge in [-0.2, -0.15) is 0 Å². The molecule has 8 nitrogen and oxygen atoms in total. The van der Waals surface area contributed by atoms with Crippen LogP contribution in [0, 0.1) is 29.8 Å². The lowest BCUT2D eigenvalue weighted by Gasteiger charge is -2.28. The van der Waals surface area contributed by atoms with Gasteiger partial charge in [0.1, 0.15) is 17.3 Å². The second-order valence-electron chi connectivity index (χ2n) is 8.75. The van der Waals surface area contributed by atoms with Crippen LogP contribution in [0.2, 0.25) is 0 Å². The molecule has 0 aliphatic carbocycles. The van der Waals surface area contributed by atoms with Crippen molar-refractivity contribution in [1.82, 2.24) is 14.9 Å². The highest BCUT2D eigenvalue weighted by Gasteiger charge is 2.42. The van der Waals surface area contributed by atoms with Crippen LogP contribution in [-0.2, 0) is 0 Å². The van der Waals surface area contributed by atoms with Crippen LogP contribution >= 0.6 is 12.2 Å². The first-order chi connectivity index (χ1) is 17.8. The number of halogens is 1. The molecule has 0 radical (unpaired) electrons. The van der Waals surface area contributed by atoms with E-state index in [0.717, 1.165) is 28.3 Å². The van der Waals surface area contributed by atoms with Gasteiger partial charge in [0.2, 0.25) is 0 Å². The Kier molecular flexibility index (Phi) is 6.34. The van der Waals surface area contributed by atoms with E-state index in [9.17, 15) is 14.5 Å². The fraction of sp³-hybridized carbons (Fsp3) is 0.185. The van der Waals surface area contributed by atoms with Gasteiger partial charge in [-0.3, -0.25) is 15.1 Å². The molecule has 0 bridgehead atoms. The van der Waals surface area contributed by atoms with Crippen molar-refractivity contribution in [3.8, 4) is 11.4 Å². The van der Waals surface area contributed by atoms with Crippen LogP contribution in [0.4, 0.5) is 15.8 Å². The van der Waals surface area contributed by atoms with Gasteiger partial charge in [-0.1, -0.05) is 6.07 Å². The molecule has 1 fully saturated rings. The minimum Gasteiger partial charge on any atom is -0.496 e. The van der Waals surface area contributed by atoms with Gasteiger partial charge in [0.15, 0.2) is 5.11 Å². The summed E-state index contributed by atoms with van der Waals surface area (Å²) in [6, 6.07) is 18.0. The maximum absolute atomic E-state index is 13.8. The number of anilines is 1. The van der Waals surface area contributed by atoms with E-state index in [0.29, 0.717) is 16.5 Å². The molecule has 2 aromatic carbocycles. The molecule has 1 aliphatic rings. The summed E-state index contributed by atoms with van der Waals surface area (Å²) in [5, 5.41) is 15.8. The van der Waals surface area contributed by atoms with Crippen molar-refractivity contribution in [2.24, 2.45) is 0 Å². The normalized spacial score (nSPS) is 17.1. The summed E-state index contributed by atoms with van der Waals surface area (Å²) < 4.78 is 20.8. The Morgan fingerprint density at radius 2 is 1.86 bits per heavy atom. The average Bonchev–Trinajstić information content (AvgIpc) is 3.39. The summed E-state index contributed by atoms with van der Waals surface area (Å²) in [5.74, 6) is 0.0609. The van der Waals surface area contributed by atoms with Crippen LogP contribution in [0.5, 0.6) is 5.75 Å². The smallest absolute Gasteiger partial charge is 0.296 e. The van der Waals surface area contributed by atoms with E-state index in [2.05, 4.69) is 10.3 Å². The van der Waals surface area contributed by atoms with Crippen molar-refractivity contribution in [1.29, 1.82) is 0 Å². The van der Waals surface area contributed by atoms with Gasteiger partial charge >= 0.3 is 0 Å². The number of nitro benzene ring substituents is 1. The number of aryl methyl sites for hydroxylation is 1. The monoisotopic (exact) mass is 517 g/mol. The number of hydrogen-bond acceptors (Lipinski definition) is 5. The van der Waals surface area contributed by atoms with Crippen LogP contribution in [-0.4, -0.2) is 26.7 Å². The summed E-state index contributed by atoms with van der Waals surface area (Å²) in [5.41, 5.74) is 4.43. The lowest BCUT2D eigenvalue weighted by atomic mass is 9.96. The van der Waals surface area contributed by atoms with Gasteiger partial charge in [-0.25, -0.2) is 4.39 Å². The van der Waals surface area contributed by atoms with E-state index >= 15 is 0 Å². The highest BCUT2D eigenvalue weighted by Crippen LogP contribution is 2.44. The second kappa shape index (κ2) is 9.62. The van der Waals surface area contributed by atoms with Gasteiger partial charge in [-0.05, 0) is 86.2 Å². The Balaban J connectivity index is 1.70.